The van der Waals surface area contributed by atoms with Crippen molar-refractivity contribution in [3.63, 3.8) is 0 Å². The van der Waals surface area contributed by atoms with Crippen LogP contribution in [0.5, 0.6) is 0 Å². The number of nitrogens with zero attached hydrogens (tertiary/aromatic N) is 3. The van der Waals surface area contributed by atoms with Crippen LogP contribution in [0.3, 0.4) is 0 Å². The van der Waals surface area contributed by atoms with E-state index in [2.05, 4.69) is 40.7 Å². The van der Waals surface area contributed by atoms with Crippen molar-refractivity contribution in [1.82, 2.24) is 14.5 Å². The molecule has 0 N–H and O–H groups in total. The number of rotatable bonds is 5. The first-order valence-electron chi connectivity index (χ1n) is 9.65. The molecule has 0 bridgehead atoms. The molecule has 0 radical (unpaired) electrons. The molecular weight excluding hydrogens is 326 g/mol. The van der Waals surface area contributed by atoms with E-state index in [4.69, 9.17) is 4.74 Å². The van der Waals surface area contributed by atoms with Gasteiger partial charge in [0.05, 0.1) is 24.5 Å². The quantitative estimate of drug-likeness (QED) is 0.830. The Bertz CT molecular complexity index is 773. The molecule has 1 aromatic carbocycles. The lowest BCUT2D eigenvalue weighted by Gasteiger charge is -2.35. The van der Waals surface area contributed by atoms with Crippen molar-refractivity contribution < 1.29 is 9.53 Å². The van der Waals surface area contributed by atoms with Gasteiger partial charge in [-0.05, 0) is 43.7 Å². The molecule has 0 spiro atoms. The van der Waals surface area contributed by atoms with Crippen molar-refractivity contribution in [2.45, 2.75) is 52.3 Å². The maximum absolute atomic E-state index is 13.0. The number of hydrogen-bond donors (Lipinski definition) is 0. The normalized spacial score (nSPS) is 19.5. The summed E-state index contributed by atoms with van der Waals surface area (Å²) in [4.78, 5) is 19.6. The summed E-state index contributed by atoms with van der Waals surface area (Å²) in [6.07, 6.45) is 4.57. The van der Waals surface area contributed by atoms with Crippen molar-refractivity contribution in [1.29, 1.82) is 0 Å². The first kappa shape index (κ1) is 17.3. The number of hydrogen-bond acceptors (Lipinski definition) is 3. The lowest BCUT2D eigenvalue weighted by atomic mass is 10.0. The predicted molar refractivity (Wildman–Crippen MR) is 99.6 cm³/mol. The van der Waals surface area contributed by atoms with E-state index in [0.717, 1.165) is 37.4 Å². The standard InChI is InChI=1S/C21H27N3O2/c1-3-26-14-19-13-22-21-15(2)23(8-9-24(19)21)20(25)12-16-10-17-6-4-5-7-18(17)11-16/h4-7,13,15-16H,3,8-12,14H2,1-2H3/t15-/m1/s1. The molecule has 2 aromatic rings. The second-order valence-electron chi connectivity index (χ2n) is 7.41. The molecule has 4 rings (SSSR count). The molecule has 0 fully saturated rings. The van der Waals surface area contributed by atoms with Crippen molar-refractivity contribution >= 4 is 5.91 Å². The van der Waals surface area contributed by atoms with Crippen molar-refractivity contribution in [2.24, 2.45) is 5.92 Å². The number of carbonyl (C=O) groups is 1. The highest BCUT2D eigenvalue weighted by molar-refractivity contribution is 5.77. The summed E-state index contributed by atoms with van der Waals surface area (Å²) in [5, 5.41) is 0. The Hall–Kier alpha value is -2.14. The molecule has 1 amide bonds. The Kier molecular flexibility index (Phi) is 4.81. The van der Waals surface area contributed by atoms with Crippen molar-refractivity contribution in [3.8, 4) is 0 Å². The molecule has 0 saturated carbocycles. The molecule has 26 heavy (non-hydrogen) atoms. The van der Waals surface area contributed by atoms with Crippen LogP contribution < -0.4 is 0 Å². The number of amides is 1. The minimum absolute atomic E-state index is 0.0235. The van der Waals surface area contributed by atoms with Crippen LogP contribution in [-0.2, 0) is 35.5 Å². The lowest BCUT2D eigenvalue weighted by molar-refractivity contribution is -0.135. The molecule has 5 heteroatoms. The number of benzene rings is 1. The van der Waals surface area contributed by atoms with Gasteiger partial charge in [-0.15, -0.1) is 0 Å². The molecule has 0 saturated heterocycles. The molecule has 138 valence electrons. The zero-order valence-corrected chi connectivity index (χ0v) is 15.6. The smallest absolute Gasteiger partial charge is 0.223 e. The highest BCUT2D eigenvalue weighted by Crippen LogP contribution is 2.31. The van der Waals surface area contributed by atoms with Gasteiger partial charge >= 0.3 is 0 Å². The van der Waals surface area contributed by atoms with Crippen LogP contribution in [0, 0.1) is 5.92 Å². The van der Waals surface area contributed by atoms with Gasteiger partial charge in [-0.25, -0.2) is 4.98 Å². The van der Waals surface area contributed by atoms with E-state index in [9.17, 15) is 4.79 Å². The summed E-state index contributed by atoms with van der Waals surface area (Å²) in [6.45, 7) is 6.93. The van der Waals surface area contributed by atoms with E-state index in [-0.39, 0.29) is 11.9 Å². The van der Waals surface area contributed by atoms with Gasteiger partial charge in [0.2, 0.25) is 5.91 Å². The Morgan fingerprint density at radius 3 is 2.65 bits per heavy atom. The van der Waals surface area contributed by atoms with E-state index >= 15 is 0 Å². The number of aromatic nitrogens is 2. The summed E-state index contributed by atoms with van der Waals surface area (Å²) in [5.41, 5.74) is 3.92. The van der Waals surface area contributed by atoms with Crippen LogP contribution in [0.1, 0.15) is 49.0 Å². The Labute approximate surface area is 155 Å². The minimum Gasteiger partial charge on any atom is -0.375 e. The average Bonchev–Trinajstić information content (AvgIpc) is 3.23. The van der Waals surface area contributed by atoms with E-state index < -0.39 is 0 Å². The summed E-state index contributed by atoms with van der Waals surface area (Å²) >= 11 is 0. The first-order valence-corrected chi connectivity index (χ1v) is 9.65. The summed E-state index contributed by atoms with van der Waals surface area (Å²) in [6, 6.07) is 8.60. The molecule has 2 aliphatic rings. The second kappa shape index (κ2) is 7.23. The number of ether oxygens (including phenoxy) is 1. The van der Waals surface area contributed by atoms with Crippen LogP contribution in [0.25, 0.3) is 0 Å². The monoisotopic (exact) mass is 353 g/mol. The van der Waals surface area contributed by atoms with Gasteiger partial charge in [0, 0.05) is 26.1 Å². The van der Waals surface area contributed by atoms with Gasteiger partial charge in [0.15, 0.2) is 0 Å². The Morgan fingerprint density at radius 2 is 1.96 bits per heavy atom. The highest BCUT2D eigenvalue weighted by atomic mass is 16.5. The molecular formula is C21H27N3O2. The van der Waals surface area contributed by atoms with Gasteiger partial charge < -0.3 is 14.2 Å². The number of carbonyl (C=O) groups excluding carboxylic acids is 1. The molecule has 0 unspecified atom stereocenters. The van der Waals surface area contributed by atoms with Gasteiger partial charge in [0.1, 0.15) is 5.82 Å². The zero-order chi connectivity index (χ0) is 18.1. The van der Waals surface area contributed by atoms with Crippen LogP contribution in [0.4, 0.5) is 0 Å². The van der Waals surface area contributed by atoms with E-state index in [1.165, 1.54) is 11.1 Å². The third kappa shape index (κ3) is 3.16. The fourth-order valence-electron chi connectivity index (χ4n) is 4.38. The van der Waals surface area contributed by atoms with Gasteiger partial charge in [-0.3, -0.25) is 4.79 Å². The third-order valence-electron chi connectivity index (χ3n) is 5.75. The SMILES string of the molecule is CCOCc1cnc2n1CCN(C(=O)CC1Cc3ccccc3C1)[C@@H]2C. The highest BCUT2D eigenvalue weighted by Gasteiger charge is 2.32. The molecule has 1 aliphatic heterocycles. The summed E-state index contributed by atoms with van der Waals surface area (Å²) < 4.78 is 7.75. The minimum atomic E-state index is 0.0235. The van der Waals surface area contributed by atoms with Crippen LogP contribution in [0.15, 0.2) is 30.5 Å². The topological polar surface area (TPSA) is 47.4 Å². The molecule has 2 heterocycles. The average molecular weight is 353 g/mol. The van der Waals surface area contributed by atoms with E-state index in [1.54, 1.807) is 0 Å². The van der Waals surface area contributed by atoms with E-state index in [0.29, 0.717) is 25.6 Å². The van der Waals surface area contributed by atoms with Gasteiger partial charge in [-0.2, -0.15) is 0 Å². The van der Waals surface area contributed by atoms with Crippen LogP contribution in [0.2, 0.25) is 0 Å². The van der Waals surface area contributed by atoms with Crippen molar-refractivity contribution in [2.75, 3.05) is 13.2 Å². The Balaban J connectivity index is 1.41. The van der Waals surface area contributed by atoms with Gasteiger partial charge in [0.25, 0.3) is 0 Å². The molecule has 1 aromatic heterocycles. The third-order valence-corrected chi connectivity index (χ3v) is 5.75. The first-order chi connectivity index (χ1) is 12.7. The molecule has 5 nitrogen and oxygen atoms in total. The maximum atomic E-state index is 13.0. The largest absolute Gasteiger partial charge is 0.375 e. The van der Waals surface area contributed by atoms with Crippen LogP contribution in [-0.4, -0.2) is 33.5 Å². The maximum Gasteiger partial charge on any atom is 0.223 e. The second-order valence-corrected chi connectivity index (χ2v) is 7.41. The summed E-state index contributed by atoms with van der Waals surface area (Å²) in [7, 11) is 0. The molecule has 1 atom stereocenters. The number of imidazole rings is 1. The number of fused-ring (bicyclic) bond motifs is 2. The van der Waals surface area contributed by atoms with Crippen molar-refractivity contribution in [3.05, 3.63) is 53.1 Å². The van der Waals surface area contributed by atoms with Crippen LogP contribution >= 0.6 is 0 Å². The predicted octanol–water partition coefficient (Wildman–Crippen LogP) is 3.13. The summed E-state index contributed by atoms with van der Waals surface area (Å²) in [5.74, 6) is 1.67. The lowest BCUT2D eigenvalue weighted by Crippen LogP contribution is -2.42. The van der Waals surface area contributed by atoms with Gasteiger partial charge in [-0.1, -0.05) is 24.3 Å². The fraction of sp³-hybridized carbons (Fsp3) is 0.524. The Morgan fingerprint density at radius 1 is 1.23 bits per heavy atom. The fourth-order valence-corrected chi connectivity index (χ4v) is 4.38. The molecule has 1 aliphatic carbocycles. The van der Waals surface area contributed by atoms with E-state index in [1.807, 2.05) is 18.0 Å². The zero-order valence-electron chi connectivity index (χ0n) is 15.6.